The first-order valence-electron chi connectivity index (χ1n) is 6.40. The molecule has 0 saturated carbocycles. The Hall–Kier alpha value is -2.45. The summed E-state index contributed by atoms with van der Waals surface area (Å²) in [6, 6.07) is 3.03. The van der Waals surface area contributed by atoms with Gasteiger partial charge in [0.2, 0.25) is 0 Å². The third-order valence-corrected chi connectivity index (χ3v) is 2.89. The van der Waals surface area contributed by atoms with Crippen LogP contribution in [0.5, 0.6) is 0 Å². The Labute approximate surface area is 125 Å². The average Bonchev–Trinajstić information content (AvgIpc) is 2.45. The predicted molar refractivity (Wildman–Crippen MR) is 72.6 cm³/mol. The van der Waals surface area contributed by atoms with Crippen molar-refractivity contribution in [2.45, 2.75) is 25.6 Å². The summed E-state index contributed by atoms with van der Waals surface area (Å²) in [7, 11) is 0. The number of carbonyl (C=O) groups is 3. The fraction of sp³-hybridized carbons (Fsp3) is 0.357. The van der Waals surface area contributed by atoms with Crippen LogP contribution in [0.1, 0.15) is 45.7 Å². The van der Waals surface area contributed by atoms with Crippen LogP contribution in [-0.4, -0.2) is 51.0 Å². The van der Waals surface area contributed by atoms with E-state index in [2.05, 4.69) is 4.74 Å². The maximum Gasteiger partial charge on any atom is 0.336 e. The first-order valence-corrected chi connectivity index (χ1v) is 6.40. The van der Waals surface area contributed by atoms with Gasteiger partial charge in [0.05, 0.1) is 30.3 Å². The van der Waals surface area contributed by atoms with Crippen molar-refractivity contribution in [3.8, 4) is 0 Å². The molecule has 0 aromatic heterocycles. The molecule has 8 nitrogen and oxygen atoms in total. The molecule has 0 heterocycles. The van der Waals surface area contributed by atoms with Gasteiger partial charge in [-0.2, -0.15) is 0 Å². The van der Waals surface area contributed by atoms with Crippen LogP contribution in [0.15, 0.2) is 18.2 Å². The molecule has 0 bridgehead atoms. The van der Waals surface area contributed by atoms with Crippen molar-refractivity contribution in [3.05, 3.63) is 34.9 Å². The van der Waals surface area contributed by atoms with Gasteiger partial charge in [0, 0.05) is 0 Å². The van der Waals surface area contributed by atoms with Gasteiger partial charge in [-0.3, -0.25) is 4.79 Å². The monoisotopic (exact) mass is 312 g/mol. The molecule has 0 aliphatic rings. The first-order chi connectivity index (χ1) is 10.3. The van der Waals surface area contributed by atoms with Crippen LogP contribution in [0.4, 0.5) is 0 Å². The molecular formula is C14H16O8. The summed E-state index contributed by atoms with van der Waals surface area (Å²) in [5, 5.41) is 37.8. The molecule has 4 N–H and O–H groups in total. The van der Waals surface area contributed by atoms with Crippen molar-refractivity contribution >= 4 is 17.9 Å². The lowest BCUT2D eigenvalue weighted by atomic mass is 9.95. The largest absolute Gasteiger partial charge is 0.478 e. The quantitative estimate of drug-likeness (QED) is 0.531. The van der Waals surface area contributed by atoms with E-state index in [-0.39, 0.29) is 23.3 Å². The smallest absolute Gasteiger partial charge is 0.336 e. The minimum absolute atomic E-state index is 0.0938. The highest BCUT2D eigenvalue weighted by Gasteiger charge is 2.27. The number of esters is 1. The molecule has 0 fully saturated rings. The zero-order chi connectivity index (χ0) is 16.9. The van der Waals surface area contributed by atoms with Crippen LogP contribution >= 0.6 is 0 Å². The third kappa shape index (κ3) is 4.27. The van der Waals surface area contributed by atoms with Crippen LogP contribution in [0, 0.1) is 0 Å². The second-order valence-electron chi connectivity index (χ2n) is 4.43. The minimum Gasteiger partial charge on any atom is -0.478 e. The highest BCUT2D eigenvalue weighted by molar-refractivity contribution is 5.93. The van der Waals surface area contributed by atoms with Crippen molar-refractivity contribution in [1.82, 2.24) is 0 Å². The molecule has 22 heavy (non-hydrogen) atoms. The molecule has 8 heteroatoms. The third-order valence-electron chi connectivity index (χ3n) is 2.89. The minimum atomic E-state index is -1.74. The van der Waals surface area contributed by atoms with Crippen LogP contribution in [-0.2, 0) is 9.53 Å². The summed E-state index contributed by atoms with van der Waals surface area (Å²) >= 11 is 0. The molecular weight excluding hydrogens is 296 g/mol. The molecule has 1 aromatic carbocycles. The number of hydrogen-bond donors (Lipinski definition) is 4. The van der Waals surface area contributed by atoms with Gasteiger partial charge in [-0.25, -0.2) is 9.59 Å². The Bertz CT molecular complexity index is 580. The molecule has 120 valence electrons. The zero-order valence-electron chi connectivity index (χ0n) is 11.7. The lowest BCUT2D eigenvalue weighted by Gasteiger charge is -2.19. The van der Waals surface area contributed by atoms with Gasteiger partial charge in [-0.15, -0.1) is 0 Å². The maximum absolute atomic E-state index is 11.3. The van der Waals surface area contributed by atoms with Crippen LogP contribution in [0.2, 0.25) is 0 Å². The first kappa shape index (κ1) is 17.6. The van der Waals surface area contributed by atoms with Gasteiger partial charge in [0.1, 0.15) is 6.10 Å². The van der Waals surface area contributed by atoms with Gasteiger partial charge < -0.3 is 25.2 Å². The predicted octanol–water partition coefficient (Wildman–Crippen LogP) is 0.431. The van der Waals surface area contributed by atoms with E-state index in [1.54, 1.807) is 6.92 Å². The number of aromatic carboxylic acids is 2. The Morgan fingerprint density at radius 1 is 1.14 bits per heavy atom. The summed E-state index contributed by atoms with van der Waals surface area (Å²) in [5.41, 5.74) is -0.896. The normalized spacial score (nSPS) is 13.2. The van der Waals surface area contributed by atoms with Crippen LogP contribution in [0.25, 0.3) is 0 Å². The molecule has 0 amide bonds. The molecule has 0 aliphatic heterocycles. The molecule has 0 saturated heterocycles. The van der Waals surface area contributed by atoms with Gasteiger partial charge >= 0.3 is 17.9 Å². The fourth-order valence-corrected chi connectivity index (χ4v) is 1.84. The number of hydrogen-bond acceptors (Lipinski definition) is 6. The molecule has 0 radical (unpaired) electrons. The summed E-state index contributed by atoms with van der Waals surface area (Å²) in [4.78, 5) is 33.3. The van der Waals surface area contributed by atoms with Crippen molar-refractivity contribution in [3.63, 3.8) is 0 Å². The highest BCUT2D eigenvalue weighted by atomic mass is 16.5. The lowest BCUT2D eigenvalue weighted by Crippen LogP contribution is -2.25. The number of benzene rings is 1. The van der Waals surface area contributed by atoms with Gasteiger partial charge in [-0.05, 0) is 30.7 Å². The van der Waals surface area contributed by atoms with Crippen LogP contribution < -0.4 is 0 Å². The maximum atomic E-state index is 11.3. The SMILES string of the molecule is CCOC(=O)CC(O)C(O)c1cc(C(=O)O)ccc1C(=O)O. The second-order valence-corrected chi connectivity index (χ2v) is 4.43. The number of ether oxygens (including phenoxy) is 1. The Morgan fingerprint density at radius 2 is 1.77 bits per heavy atom. The molecule has 2 unspecified atom stereocenters. The number of carboxylic acids is 2. The molecule has 1 rings (SSSR count). The van der Waals surface area contributed by atoms with Gasteiger partial charge in [0.25, 0.3) is 0 Å². The summed E-state index contributed by atoms with van der Waals surface area (Å²) in [5.74, 6) is -3.47. The second kappa shape index (κ2) is 7.53. The van der Waals surface area contributed by atoms with E-state index in [1.807, 2.05) is 0 Å². The number of aliphatic hydroxyl groups is 2. The topological polar surface area (TPSA) is 141 Å². The summed E-state index contributed by atoms with van der Waals surface area (Å²) in [6.45, 7) is 1.66. The van der Waals surface area contributed by atoms with E-state index < -0.39 is 36.5 Å². The number of carboxylic acid groups (broad SMARTS) is 2. The highest BCUT2D eigenvalue weighted by Crippen LogP contribution is 2.25. The van der Waals surface area contributed by atoms with E-state index in [4.69, 9.17) is 10.2 Å². The van der Waals surface area contributed by atoms with Gasteiger partial charge in [0.15, 0.2) is 0 Å². The molecule has 0 spiro atoms. The van der Waals surface area contributed by atoms with Crippen molar-refractivity contribution in [2.75, 3.05) is 6.61 Å². The van der Waals surface area contributed by atoms with Crippen molar-refractivity contribution < 1.29 is 39.5 Å². The Morgan fingerprint density at radius 3 is 2.27 bits per heavy atom. The van der Waals surface area contributed by atoms with Gasteiger partial charge in [-0.1, -0.05) is 0 Å². The van der Waals surface area contributed by atoms with Crippen LogP contribution in [0.3, 0.4) is 0 Å². The van der Waals surface area contributed by atoms with E-state index in [0.717, 1.165) is 18.2 Å². The number of aliphatic hydroxyl groups excluding tert-OH is 2. The molecule has 2 atom stereocenters. The summed E-state index contributed by atoms with van der Waals surface area (Å²) in [6.07, 6.45) is -3.92. The number of carbonyl (C=O) groups excluding carboxylic acids is 1. The summed E-state index contributed by atoms with van der Waals surface area (Å²) < 4.78 is 4.62. The van der Waals surface area contributed by atoms with E-state index >= 15 is 0 Å². The zero-order valence-corrected chi connectivity index (χ0v) is 11.7. The molecule has 1 aromatic rings. The van der Waals surface area contributed by atoms with E-state index in [0.29, 0.717) is 0 Å². The molecule has 0 aliphatic carbocycles. The standard InChI is InChI=1S/C14H16O8/c1-2-22-11(16)6-10(15)12(17)9-5-7(13(18)19)3-4-8(9)14(20)21/h3-5,10,12,15,17H,2,6H2,1H3,(H,18,19)(H,20,21). The van der Waals surface area contributed by atoms with Crippen molar-refractivity contribution in [2.24, 2.45) is 0 Å². The Kier molecular flexibility index (Phi) is 6.02. The van der Waals surface area contributed by atoms with E-state index in [1.165, 1.54) is 0 Å². The lowest BCUT2D eigenvalue weighted by molar-refractivity contribution is -0.147. The van der Waals surface area contributed by atoms with Crippen molar-refractivity contribution in [1.29, 1.82) is 0 Å². The Balaban J connectivity index is 3.10. The average molecular weight is 312 g/mol. The number of rotatable bonds is 7. The van der Waals surface area contributed by atoms with E-state index in [9.17, 15) is 24.6 Å². The fourth-order valence-electron chi connectivity index (χ4n) is 1.84.